The molecular weight excluding hydrogens is 270 g/mol. The largest absolute Gasteiger partial charge is 0.317 e. The van der Waals surface area contributed by atoms with Crippen LogP contribution in [0.2, 0.25) is 0 Å². The second kappa shape index (κ2) is 4.69. The Kier molecular flexibility index (Phi) is 2.84. The van der Waals surface area contributed by atoms with Crippen molar-refractivity contribution < 1.29 is 0 Å². The van der Waals surface area contributed by atoms with Gasteiger partial charge in [0, 0.05) is 18.4 Å². The van der Waals surface area contributed by atoms with Gasteiger partial charge in [0.25, 0.3) is 0 Å². The van der Waals surface area contributed by atoms with E-state index in [9.17, 15) is 0 Å². The summed E-state index contributed by atoms with van der Waals surface area (Å²) in [6, 6.07) is 0. The van der Waals surface area contributed by atoms with E-state index in [1.807, 2.05) is 0 Å². The normalized spacial score (nSPS) is 43.0. The molecule has 4 saturated carbocycles. The third-order valence-electron chi connectivity index (χ3n) is 7.06. The smallest absolute Gasteiger partial charge is 0.139 e. The van der Waals surface area contributed by atoms with Crippen molar-refractivity contribution in [3.8, 4) is 0 Å². The lowest BCUT2D eigenvalue weighted by atomic mass is 9.49. The predicted molar refractivity (Wildman–Crippen MR) is 86.6 cm³/mol. The topological polar surface area (TPSA) is 30.7 Å². The van der Waals surface area contributed by atoms with Crippen LogP contribution in [0, 0.1) is 17.8 Å². The molecule has 1 atom stereocenters. The number of hydrogen-bond donors (Lipinski definition) is 0. The minimum Gasteiger partial charge on any atom is -0.317 e. The highest BCUT2D eigenvalue weighted by Crippen LogP contribution is 2.60. The summed E-state index contributed by atoms with van der Waals surface area (Å²) in [5, 5.41) is 9.45. The number of hydrogen-bond acceptors (Lipinski definition) is 2. The van der Waals surface area contributed by atoms with Gasteiger partial charge in [-0.1, -0.05) is 12.2 Å². The highest BCUT2D eigenvalue weighted by atomic mass is 15.3. The predicted octanol–water partition coefficient (Wildman–Crippen LogP) is 4.11. The molecule has 1 unspecified atom stereocenters. The molecule has 22 heavy (non-hydrogen) atoms. The van der Waals surface area contributed by atoms with Gasteiger partial charge in [-0.25, -0.2) is 0 Å². The highest BCUT2D eigenvalue weighted by molar-refractivity contribution is 5.20. The van der Waals surface area contributed by atoms with E-state index in [1.165, 1.54) is 63.0 Å². The summed E-state index contributed by atoms with van der Waals surface area (Å²) >= 11 is 0. The molecule has 1 aromatic heterocycles. The number of rotatable bonds is 2. The SMILES string of the molecule is Cn1c(C2CC=CCC2)nnc1C12CC3CC(CC(C3)C1)C2. The van der Waals surface area contributed by atoms with E-state index in [0.29, 0.717) is 11.3 Å². The molecule has 3 heteroatoms. The molecule has 0 radical (unpaired) electrons. The minimum atomic E-state index is 0.374. The lowest BCUT2D eigenvalue weighted by Crippen LogP contribution is -2.49. The molecule has 0 spiro atoms. The van der Waals surface area contributed by atoms with E-state index in [1.54, 1.807) is 0 Å². The Hall–Kier alpha value is -1.12. The first-order valence-corrected chi connectivity index (χ1v) is 9.28. The molecule has 1 aromatic rings. The molecule has 0 aliphatic heterocycles. The quantitative estimate of drug-likeness (QED) is 0.769. The zero-order valence-electron chi connectivity index (χ0n) is 13.7. The molecule has 5 aliphatic carbocycles. The molecule has 3 nitrogen and oxygen atoms in total. The van der Waals surface area contributed by atoms with Crippen molar-refractivity contribution in [3.05, 3.63) is 23.8 Å². The molecule has 5 aliphatic rings. The Labute approximate surface area is 133 Å². The Morgan fingerprint density at radius 2 is 1.68 bits per heavy atom. The summed E-state index contributed by atoms with van der Waals surface area (Å²) in [5.41, 5.74) is 0.374. The Balaban J connectivity index is 1.51. The van der Waals surface area contributed by atoms with Crippen LogP contribution in [-0.2, 0) is 12.5 Å². The van der Waals surface area contributed by atoms with E-state index in [-0.39, 0.29) is 0 Å². The van der Waals surface area contributed by atoms with E-state index < -0.39 is 0 Å². The van der Waals surface area contributed by atoms with Gasteiger partial charge >= 0.3 is 0 Å². The van der Waals surface area contributed by atoms with E-state index >= 15 is 0 Å². The summed E-state index contributed by atoms with van der Waals surface area (Å²) in [4.78, 5) is 0. The maximum absolute atomic E-state index is 4.77. The van der Waals surface area contributed by atoms with Gasteiger partial charge in [0.1, 0.15) is 11.6 Å². The number of allylic oxidation sites excluding steroid dienone is 2. The van der Waals surface area contributed by atoms with Crippen LogP contribution in [0.1, 0.15) is 75.4 Å². The highest BCUT2D eigenvalue weighted by Gasteiger charge is 2.53. The van der Waals surface area contributed by atoms with Gasteiger partial charge in [0.2, 0.25) is 0 Å². The molecule has 1 heterocycles. The van der Waals surface area contributed by atoms with Crippen LogP contribution in [0.4, 0.5) is 0 Å². The van der Waals surface area contributed by atoms with Crippen molar-refractivity contribution in [3.63, 3.8) is 0 Å². The third-order valence-corrected chi connectivity index (χ3v) is 7.06. The zero-order chi connectivity index (χ0) is 14.7. The van der Waals surface area contributed by atoms with Crippen LogP contribution in [0.15, 0.2) is 12.2 Å². The standard InChI is InChI=1S/C19H27N3/c1-22-17(16-5-3-2-4-6-16)20-21-18(22)19-10-13-7-14(11-19)9-15(8-13)12-19/h2-3,13-16H,4-12H2,1H3. The molecule has 118 valence electrons. The molecule has 0 N–H and O–H groups in total. The van der Waals surface area contributed by atoms with Gasteiger partial charge in [-0.3, -0.25) is 0 Å². The maximum Gasteiger partial charge on any atom is 0.139 e. The van der Waals surface area contributed by atoms with E-state index in [4.69, 9.17) is 5.10 Å². The van der Waals surface area contributed by atoms with Crippen LogP contribution in [0.3, 0.4) is 0 Å². The van der Waals surface area contributed by atoms with Crippen LogP contribution in [-0.4, -0.2) is 14.8 Å². The van der Waals surface area contributed by atoms with Gasteiger partial charge < -0.3 is 4.57 Å². The third kappa shape index (κ3) is 1.87. The summed E-state index contributed by atoms with van der Waals surface area (Å²) < 4.78 is 2.40. The molecule has 4 fully saturated rings. The molecule has 0 aromatic carbocycles. The van der Waals surface area contributed by atoms with Crippen LogP contribution >= 0.6 is 0 Å². The average Bonchev–Trinajstić information content (AvgIpc) is 2.89. The second-order valence-corrected chi connectivity index (χ2v) is 8.62. The number of aromatic nitrogens is 3. The molecule has 6 rings (SSSR count). The van der Waals surface area contributed by atoms with Crippen molar-refractivity contribution in [2.45, 2.75) is 69.1 Å². The van der Waals surface area contributed by atoms with Crippen LogP contribution in [0.25, 0.3) is 0 Å². The molecular formula is C19H27N3. The second-order valence-electron chi connectivity index (χ2n) is 8.62. The van der Waals surface area contributed by atoms with Crippen molar-refractivity contribution in [2.75, 3.05) is 0 Å². The van der Waals surface area contributed by atoms with Crippen molar-refractivity contribution in [2.24, 2.45) is 24.8 Å². The van der Waals surface area contributed by atoms with Crippen LogP contribution < -0.4 is 0 Å². The monoisotopic (exact) mass is 297 g/mol. The molecule has 0 amide bonds. The summed E-state index contributed by atoms with van der Waals surface area (Å²) in [5.74, 6) is 6.09. The first kappa shape index (κ1) is 13.3. The van der Waals surface area contributed by atoms with Gasteiger partial charge in [-0.15, -0.1) is 10.2 Å². The summed E-state index contributed by atoms with van der Waals surface area (Å²) in [6.07, 6.45) is 16.9. The molecule has 0 saturated heterocycles. The first-order valence-electron chi connectivity index (χ1n) is 9.28. The lowest BCUT2D eigenvalue weighted by molar-refractivity contribution is -0.0108. The maximum atomic E-state index is 4.77. The minimum absolute atomic E-state index is 0.374. The van der Waals surface area contributed by atoms with Crippen molar-refractivity contribution in [1.29, 1.82) is 0 Å². The zero-order valence-corrected chi connectivity index (χ0v) is 13.7. The Bertz CT molecular complexity index is 577. The Morgan fingerprint density at radius 3 is 2.27 bits per heavy atom. The number of nitrogens with zero attached hydrogens (tertiary/aromatic N) is 3. The fourth-order valence-corrected chi connectivity index (χ4v) is 6.57. The van der Waals surface area contributed by atoms with E-state index in [0.717, 1.165) is 24.2 Å². The summed E-state index contributed by atoms with van der Waals surface area (Å²) in [7, 11) is 2.24. The van der Waals surface area contributed by atoms with Crippen molar-refractivity contribution >= 4 is 0 Å². The van der Waals surface area contributed by atoms with Crippen LogP contribution in [0.5, 0.6) is 0 Å². The fourth-order valence-electron chi connectivity index (χ4n) is 6.57. The first-order chi connectivity index (χ1) is 10.7. The van der Waals surface area contributed by atoms with Gasteiger partial charge in [0.15, 0.2) is 0 Å². The van der Waals surface area contributed by atoms with Crippen molar-refractivity contribution in [1.82, 2.24) is 14.8 Å². The van der Waals surface area contributed by atoms with Gasteiger partial charge in [0.05, 0.1) is 0 Å². The lowest BCUT2D eigenvalue weighted by Gasteiger charge is -2.56. The van der Waals surface area contributed by atoms with Gasteiger partial charge in [-0.05, 0) is 75.5 Å². The van der Waals surface area contributed by atoms with Gasteiger partial charge in [-0.2, -0.15) is 0 Å². The van der Waals surface area contributed by atoms with E-state index in [2.05, 4.69) is 28.9 Å². The summed E-state index contributed by atoms with van der Waals surface area (Å²) in [6.45, 7) is 0. The fraction of sp³-hybridized carbons (Fsp3) is 0.789. The average molecular weight is 297 g/mol. The Morgan fingerprint density at radius 1 is 1.00 bits per heavy atom. The molecule has 4 bridgehead atoms.